The van der Waals surface area contributed by atoms with E-state index in [1.165, 1.54) is 6.42 Å². The third kappa shape index (κ3) is 29.2. The van der Waals surface area contributed by atoms with Crippen molar-refractivity contribution in [3.05, 3.63) is 0 Å². The van der Waals surface area contributed by atoms with Gasteiger partial charge in [-0.25, -0.2) is 0 Å². The minimum atomic E-state index is -0.596. The molecular formula is C24H54N2O4. The Kier molecular flexibility index (Phi) is 29.5. The van der Waals surface area contributed by atoms with Crippen molar-refractivity contribution in [2.24, 2.45) is 11.3 Å². The summed E-state index contributed by atoms with van der Waals surface area (Å²) < 4.78 is 10.9. The highest BCUT2D eigenvalue weighted by Gasteiger charge is 2.25. The van der Waals surface area contributed by atoms with Crippen molar-refractivity contribution >= 4 is 12.2 Å². The van der Waals surface area contributed by atoms with Crippen molar-refractivity contribution in [2.75, 3.05) is 33.4 Å². The normalized spacial score (nSPS) is 11.5. The van der Waals surface area contributed by atoms with Gasteiger partial charge in [0.05, 0.1) is 13.2 Å². The number of ketones is 1. The average Bonchev–Trinajstić information content (AvgIpc) is 2.66. The Morgan fingerprint density at radius 1 is 1.00 bits per heavy atom. The number of carbonyl (C=O) groups is 2. The molecule has 0 spiro atoms. The fourth-order valence-electron chi connectivity index (χ4n) is 2.22. The molecule has 0 aromatic heterocycles. The Hall–Kier alpha value is -0.980. The smallest absolute Gasteiger partial charge is 0.207 e. The Labute approximate surface area is 188 Å². The Balaban J connectivity index is -0.000000188. The van der Waals surface area contributed by atoms with Crippen LogP contribution >= 0.6 is 0 Å². The first-order chi connectivity index (χ1) is 13.9. The van der Waals surface area contributed by atoms with E-state index in [9.17, 15) is 9.59 Å². The number of carbonyl (C=O) groups excluding carboxylic acids is 2. The number of Topliss-reactive ketones (excluding diaryl/α,β-unsaturated/α-hetero) is 1. The van der Waals surface area contributed by atoms with Gasteiger partial charge in [-0.05, 0) is 39.2 Å². The number of amides is 1. The molecule has 2 N–H and O–H groups in total. The van der Waals surface area contributed by atoms with Crippen molar-refractivity contribution < 1.29 is 19.1 Å². The number of rotatable bonds is 13. The van der Waals surface area contributed by atoms with Gasteiger partial charge in [-0.15, -0.1) is 0 Å². The van der Waals surface area contributed by atoms with Crippen LogP contribution in [0.2, 0.25) is 0 Å². The first-order valence-electron chi connectivity index (χ1n) is 11.5. The molecule has 0 saturated carbocycles. The Morgan fingerprint density at radius 3 is 1.77 bits per heavy atom. The highest BCUT2D eigenvalue weighted by Crippen LogP contribution is 2.32. The second-order valence-electron chi connectivity index (χ2n) is 8.16. The molecule has 1 atom stereocenters. The standard InChI is InChI=1S/C10H20O.C9H20N2O3.C3H8.C2H6/c1-6-8(2)10(4,5)7-9(3)11;1-9(2,13-6-4-10-3)14-7-5-11-8-12;1-3-2;1-2/h8H,6-7H2,1-5H3;8,10H,4-7H2,1-3H3,(H,11,12);3H2,1-2H3;1-2H3. The predicted molar refractivity (Wildman–Crippen MR) is 130 cm³/mol. The van der Waals surface area contributed by atoms with Crippen LogP contribution in [0.25, 0.3) is 0 Å². The maximum absolute atomic E-state index is 10.9. The summed E-state index contributed by atoms with van der Waals surface area (Å²) in [5.41, 5.74) is 0.181. The lowest BCUT2D eigenvalue weighted by atomic mass is 9.75. The van der Waals surface area contributed by atoms with Crippen LogP contribution in [0.1, 0.15) is 95.4 Å². The van der Waals surface area contributed by atoms with E-state index in [0.29, 0.717) is 44.3 Å². The van der Waals surface area contributed by atoms with E-state index in [1.54, 1.807) is 6.92 Å². The molecule has 0 aliphatic carbocycles. The third-order valence-electron chi connectivity index (χ3n) is 4.23. The molecule has 0 rings (SSSR count). The topological polar surface area (TPSA) is 76.7 Å². The van der Waals surface area contributed by atoms with E-state index in [2.05, 4.69) is 52.2 Å². The van der Waals surface area contributed by atoms with Gasteiger partial charge in [-0.3, -0.25) is 4.79 Å². The molecule has 6 heteroatoms. The number of hydrogen-bond acceptors (Lipinski definition) is 5. The van der Waals surface area contributed by atoms with Gasteiger partial charge in [0.2, 0.25) is 6.41 Å². The lowest BCUT2D eigenvalue weighted by Gasteiger charge is -2.29. The van der Waals surface area contributed by atoms with Gasteiger partial charge in [-0.1, -0.05) is 68.2 Å². The van der Waals surface area contributed by atoms with E-state index >= 15 is 0 Å². The summed E-state index contributed by atoms with van der Waals surface area (Å²) in [7, 11) is 1.87. The maximum atomic E-state index is 10.9. The quantitative estimate of drug-likeness (QED) is 0.237. The Morgan fingerprint density at radius 2 is 1.43 bits per heavy atom. The lowest BCUT2D eigenvalue weighted by Crippen LogP contribution is -2.33. The minimum Gasteiger partial charge on any atom is -0.356 e. The second-order valence-corrected chi connectivity index (χ2v) is 8.16. The zero-order valence-electron chi connectivity index (χ0n) is 22.2. The summed E-state index contributed by atoms with van der Waals surface area (Å²) in [5, 5.41) is 5.49. The van der Waals surface area contributed by atoms with Gasteiger partial charge < -0.3 is 24.9 Å². The van der Waals surface area contributed by atoms with Crippen LogP contribution < -0.4 is 10.6 Å². The van der Waals surface area contributed by atoms with Crippen molar-refractivity contribution in [1.29, 1.82) is 0 Å². The van der Waals surface area contributed by atoms with Crippen molar-refractivity contribution in [3.8, 4) is 0 Å². The zero-order chi connectivity index (χ0) is 24.6. The molecule has 1 unspecified atom stereocenters. The maximum Gasteiger partial charge on any atom is 0.207 e. The molecule has 0 aromatic rings. The Bertz CT molecular complexity index is 372. The summed E-state index contributed by atoms with van der Waals surface area (Å²) in [6.07, 6.45) is 3.76. The van der Waals surface area contributed by atoms with Crippen LogP contribution in [0, 0.1) is 11.3 Å². The first-order valence-corrected chi connectivity index (χ1v) is 11.5. The van der Waals surface area contributed by atoms with Crippen molar-refractivity contribution in [3.63, 3.8) is 0 Å². The van der Waals surface area contributed by atoms with Crippen molar-refractivity contribution in [1.82, 2.24) is 10.6 Å². The molecule has 0 radical (unpaired) electrons. The van der Waals surface area contributed by atoms with Crippen molar-refractivity contribution in [2.45, 2.75) is 101 Å². The van der Waals surface area contributed by atoms with E-state index in [0.717, 1.165) is 13.0 Å². The van der Waals surface area contributed by atoms with Gasteiger partial charge in [0.25, 0.3) is 0 Å². The molecule has 0 saturated heterocycles. The summed E-state index contributed by atoms with van der Waals surface area (Å²) in [5.74, 6) is 0.336. The molecule has 1 amide bonds. The largest absolute Gasteiger partial charge is 0.356 e. The summed E-state index contributed by atoms with van der Waals surface area (Å²) in [6, 6.07) is 0. The van der Waals surface area contributed by atoms with Crippen LogP contribution in [-0.4, -0.2) is 51.3 Å². The van der Waals surface area contributed by atoms with E-state index < -0.39 is 5.79 Å². The lowest BCUT2D eigenvalue weighted by molar-refractivity contribution is -0.211. The molecule has 0 aliphatic rings. The SMILES string of the molecule is CC.CCC.CCC(C)C(C)(C)CC(C)=O.CNCCOC(C)(C)OCCNC=O. The summed E-state index contributed by atoms with van der Waals surface area (Å²) in [4.78, 5) is 20.8. The van der Waals surface area contributed by atoms with Gasteiger partial charge in [0.15, 0.2) is 5.79 Å². The monoisotopic (exact) mass is 434 g/mol. The third-order valence-corrected chi connectivity index (χ3v) is 4.23. The predicted octanol–water partition coefficient (Wildman–Crippen LogP) is 5.20. The van der Waals surface area contributed by atoms with Gasteiger partial charge >= 0.3 is 0 Å². The molecule has 0 bridgehead atoms. The molecule has 0 fully saturated rings. The van der Waals surface area contributed by atoms with E-state index in [4.69, 9.17) is 9.47 Å². The number of likely N-dealkylation sites (N-methyl/N-ethyl adjacent to an activating group) is 1. The fraction of sp³-hybridized carbons (Fsp3) is 0.917. The number of ether oxygens (including phenoxy) is 2. The summed E-state index contributed by atoms with van der Waals surface area (Å²) >= 11 is 0. The van der Waals surface area contributed by atoms with Crippen LogP contribution in [0.15, 0.2) is 0 Å². The molecule has 0 aliphatic heterocycles. The van der Waals surface area contributed by atoms with Crippen LogP contribution in [0.5, 0.6) is 0 Å². The van der Waals surface area contributed by atoms with Crippen LogP contribution in [-0.2, 0) is 19.1 Å². The fourth-order valence-corrected chi connectivity index (χ4v) is 2.22. The van der Waals surface area contributed by atoms with E-state index in [1.807, 2.05) is 34.7 Å². The van der Waals surface area contributed by atoms with Gasteiger partial charge in [0.1, 0.15) is 5.78 Å². The molecule has 30 heavy (non-hydrogen) atoms. The van der Waals surface area contributed by atoms with Crippen LogP contribution in [0.3, 0.4) is 0 Å². The molecule has 6 nitrogen and oxygen atoms in total. The number of hydrogen-bond donors (Lipinski definition) is 2. The average molecular weight is 435 g/mol. The van der Waals surface area contributed by atoms with E-state index in [-0.39, 0.29) is 5.41 Å². The molecular weight excluding hydrogens is 380 g/mol. The minimum absolute atomic E-state index is 0.181. The van der Waals surface area contributed by atoms with Crippen LogP contribution in [0.4, 0.5) is 0 Å². The van der Waals surface area contributed by atoms with Gasteiger partial charge in [-0.2, -0.15) is 0 Å². The molecule has 0 aromatic carbocycles. The first kappa shape index (κ1) is 36.4. The molecule has 184 valence electrons. The molecule has 0 heterocycles. The highest BCUT2D eigenvalue weighted by molar-refractivity contribution is 5.76. The number of nitrogens with one attached hydrogen (secondary N) is 2. The zero-order valence-corrected chi connectivity index (χ0v) is 22.2. The van der Waals surface area contributed by atoms with Gasteiger partial charge in [0, 0.05) is 19.5 Å². The summed E-state index contributed by atoms with van der Waals surface area (Å²) in [6.45, 7) is 24.7. The highest BCUT2D eigenvalue weighted by atomic mass is 16.7. The second kappa shape index (κ2) is 24.3.